The van der Waals surface area contributed by atoms with E-state index in [1.54, 1.807) is 18.7 Å². The van der Waals surface area contributed by atoms with Gasteiger partial charge in [0.15, 0.2) is 0 Å². The highest BCUT2D eigenvalue weighted by molar-refractivity contribution is 5.80. The van der Waals surface area contributed by atoms with Crippen LogP contribution in [0, 0.1) is 11.8 Å². The lowest BCUT2D eigenvalue weighted by Crippen LogP contribution is -2.41. The fourth-order valence-electron chi connectivity index (χ4n) is 2.55. The van der Waals surface area contributed by atoms with Crippen molar-refractivity contribution in [2.24, 2.45) is 11.8 Å². The van der Waals surface area contributed by atoms with Crippen molar-refractivity contribution in [2.75, 3.05) is 59.3 Å². The third kappa shape index (κ3) is 8.08. The summed E-state index contributed by atoms with van der Waals surface area (Å²) in [6.07, 6.45) is 0.476. The van der Waals surface area contributed by atoms with Gasteiger partial charge in [0.05, 0.1) is 52.2 Å². The molecule has 140 valence electrons. The molecule has 2 unspecified atom stereocenters. The number of rotatable bonds is 5. The maximum Gasteiger partial charge on any atom is 0.308 e. The molecule has 1 heterocycles. The lowest BCUT2D eigenvalue weighted by molar-refractivity contribution is -0.148. The number of carbonyl (C=O) groups is 2. The summed E-state index contributed by atoms with van der Waals surface area (Å²) in [6.45, 7) is 9.83. The molecule has 2 atom stereocenters. The standard InChI is InChI=1S/C17H31NO6/c1-4-24-17(20)15(3)13-14(2)16(19)18-5-7-21-9-11-23-12-10-22-8-6-18/h14-15H,4-13H2,1-3H3. The summed E-state index contributed by atoms with van der Waals surface area (Å²) in [5.41, 5.74) is 0. The minimum Gasteiger partial charge on any atom is -0.466 e. The summed E-state index contributed by atoms with van der Waals surface area (Å²) in [5.74, 6) is -0.772. The molecule has 7 heteroatoms. The molecule has 1 rings (SSSR count). The SMILES string of the molecule is CCOC(=O)C(C)CC(C)C(=O)N1CCOCCOCCOCC1. The Bertz CT molecular complexity index is 364. The molecule has 0 N–H and O–H groups in total. The van der Waals surface area contributed by atoms with Crippen LogP contribution in [0.3, 0.4) is 0 Å². The Balaban J connectivity index is 2.51. The summed E-state index contributed by atoms with van der Waals surface area (Å²) in [4.78, 5) is 26.2. The number of amides is 1. The van der Waals surface area contributed by atoms with Gasteiger partial charge in [-0.25, -0.2) is 0 Å². The van der Waals surface area contributed by atoms with Gasteiger partial charge >= 0.3 is 5.97 Å². The van der Waals surface area contributed by atoms with Crippen molar-refractivity contribution in [1.82, 2.24) is 4.90 Å². The van der Waals surface area contributed by atoms with Crippen molar-refractivity contribution >= 4 is 11.9 Å². The van der Waals surface area contributed by atoms with E-state index in [0.29, 0.717) is 65.8 Å². The first-order valence-corrected chi connectivity index (χ1v) is 8.74. The molecule has 24 heavy (non-hydrogen) atoms. The smallest absolute Gasteiger partial charge is 0.308 e. The molecule has 1 amide bonds. The van der Waals surface area contributed by atoms with Crippen molar-refractivity contribution in [1.29, 1.82) is 0 Å². The number of hydrogen-bond acceptors (Lipinski definition) is 6. The molecule has 0 aromatic heterocycles. The van der Waals surface area contributed by atoms with E-state index in [2.05, 4.69) is 0 Å². The van der Waals surface area contributed by atoms with Crippen LogP contribution in [0.4, 0.5) is 0 Å². The predicted molar refractivity (Wildman–Crippen MR) is 88.6 cm³/mol. The summed E-state index contributed by atoms with van der Waals surface area (Å²) in [6, 6.07) is 0. The number of esters is 1. The Kier molecular flexibility index (Phi) is 10.6. The highest BCUT2D eigenvalue weighted by Gasteiger charge is 2.25. The normalized spacial score (nSPS) is 20.4. The van der Waals surface area contributed by atoms with Gasteiger partial charge < -0.3 is 23.8 Å². The minimum absolute atomic E-state index is 0.0201. The fourth-order valence-corrected chi connectivity index (χ4v) is 2.55. The second-order valence-corrected chi connectivity index (χ2v) is 5.95. The van der Waals surface area contributed by atoms with Gasteiger partial charge in [-0.3, -0.25) is 9.59 Å². The van der Waals surface area contributed by atoms with Crippen LogP contribution in [-0.4, -0.2) is 76.1 Å². The van der Waals surface area contributed by atoms with Crippen molar-refractivity contribution in [3.8, 4) is 0 Å². The Morgan fingerprint density at radius 1 is 0.917 bits per heavy atom. The van der Waals surface area contributed by atoms with E-state index in [-0.39, 0.29) is 23.7 Å². The molecule has 0 aromatic rings. The molecular weight excluding hydrogens is 314 g/mol. The quantitative estimate of drug-likeness (QED) is 0.695. The molecule has 0 radical (unpaired) electrons. The van der Waals surface area contributed by atoms with Gasteiger partial charge in [-0.2, -0.15) is 0 Å². The first-order valence-electron chi connectivity index (χ1n) is 8.74. The summed E-state index contributed by atoms with van der Waals surface area (Å²) in [7, 11) is 0. The molecular formula is C17H31NO6. The third-order valence-corrected chi connectivity index (χ3v) is 3.88. The van der Waals surface area contributed by atoms with Crippen molar-refractivity contribution in [3.63, 3.8) is 0 Å². The molecule has 0 aliphatic carbocycles. The Morgan fingerprint density at radius 2 is 1.42 bits per heavy atom. The topological polar surface area (TPSA) is 74.3 Å². The number of hydrogen-bond donors (Lipinski definition) is 0. The zero-order chi connectivity index (χ0) is 17.8. The maximum absolute atomic E-state index is 12.7. The summed E-state index contributed by atoms with van der Waals surface area (Å²) in [5, 5.41) is 0. The van der Waals surface area contributed by atoms with Gasteiger partial charge in [-0.05, 0) is 13.3 Å². The molecule has 1 aliphatic rings. The average molecular weight is 345 g/mol. The lowest BCUT2D eigenvalue weighted by atomic mass is 9.96. The van der Waals surface area contributed by atoms with Gasteiger partial charge in [0.25, 0.3) is 0 Å². The number of carbonyl (C=O) groups excluding carboxylic acids is 2. The molecule has 0 aromatic carbocycles. The number of nitrogens with zero attached hydrogens (tertiary/aromatic N) is 1. The van der Waals surface area contributed by atoms with Crippen molar-refractivity contribution < 1.29 is 28.5 Å². The fraction of sp³-hybridized carbons (Fsp3) is 0.882. The zero-order valence-corrected chi connectivity index (χ0v) is 15.1. The van der Waals surface area contributed by atoms with Crippen molar-refractivity contribution in [2.45, 2.75) is 27.2 Å². The number of ether oxygens (including phenoxy) is 4. The Morgan fingerprint density at radius 3 is 1.92 bits per heavy atom. The van der Waals surface area contributed by atoms with E-state index in [0.717, 1.165) is 0 Å². The Labute approximate surface area is 144 Å². The monoisotopic (exact) mass is 345 g/mol. The Hall–Kier alpha value is -1.18. The van der Waals surface area contributed by atoms with Crippen LogP contribution in [0.2, 0.25) is 0 Å². The molecule has 0 spiro atoms. The first-order chi connectivity index (χ1) is 11.6. The molecule has 0 bridgehead atoms. The summed E-state index contributed by atoms with van der Waals surface area (Å²) >= 11 is 0. The van der Waals surface area contributed by atoms with E-state index in [1.807, 2.05) is 6.92 Å². The highest BCUT2D eigenvalue weighted by atomic mass is 16.5. The predicted octanol–water partition coefficient (Wildman–Crippen LogP) is 1.10. The van der Waals surface area contributed by atoms with E-state index >= 15 is 0 Å². The molecule has 7 nitrogen and oxygen atoms in total. The van der Waals surface area contributed by atoms with Gasteiger partial charge in [-0.1, -0.05) is 13.8 Å². The van der Waals surface area contributed by atoms with Crippen LogP contribution in [0.1, 0.15) is 27.2 Å². The van der Waals surface area contributed by atoms with Crippen LogP contribution < -0.4 is 0 Å². The maximum atomic E-state index is 12.7. The molecule has 1 aliphatic heterocycles. The van der Waals surface area contributed by atoms with Gasteiger partial charge in [0.1, 0.15) is 0 Å². The largest absolute Gasteiger partial charge is 0.466 e. The molecule has 0 saturated carbocycles. The molecule has 1 fully saturated rings. The van der Waals surface area contributed by atoms with Crippen LogP contribution in [0.15, 0.2) is 0 Å². The van der Waals surface area contributed by atoms with E-state index in [4.69, 9.17) is 18.9 Å². The third-order valence-electron chi connectivity index (χ3n) is 3.88. The second-order valence-electron chi connectivity index (χ2n) is 5.95. The van der Waals surface area contributed by atoms with Crippen LogP contribution in [0.25, 0.3) is 0 Å². The van der Waals surface area contributed by atoms with Crippen LogP contribution in [-0.2, 0) is 28.5 Å². The lowest BCUT2D eigenvalue weighted by Gasteiger charge is -2.27. The minimum atomic E-state index is -0.291. The van der Waals surface area contributed by atoms with Crippen LogP contribution in [0.5, 0.6) is 0 Å². The van der Waals surface area contributed by atoms with Crippen LogP contribution >= 0.6 is 0 Å². The van der Waals surface area contributed by atoms with Gasteiger partial charge in [0.2, 0.25) is 5.91 Å². The summed E-state index contributed by atoms with van der Waals surface area (Å²) < 4.78 is 21.3. The molecule has 1 saturated heterocycles. The van der Waals surface area contributed by atoms with Gasteiger partial charge in [-0.15, -0.1) is 0 Å². The van der Waals surface area contributed by atoms with E-state index in [9.17, 15) is 9.59 Å². The zero-order valence-electron chi connectivity index (χ0n) is 15.1. The van der Waals surface area contributed by atoms with Crippen molar-refractivity contribution in [3.05, 3.63) is 0 Å². The first kappa shape index (κ1) is 20.9. The highest BCUT2D eigenvalue weighted by Crippen LogP contribution is 2.16. The van der Waals surface area contributed by atoms with Gasteiger partial charge in [0, 0.05) is 19.0 Å². The average Bonchev–Trinajstić information content (AvgIpc) is 2.55. The van der Waals surface area contributed by atoms with E-state index < -0.39 is 0 Å². The van der Waals surface area contributed by atoms with E-state index in [1.165, 1.54) is 0 Å². The second kappa shape index (κ2) is 12.2.